The summed E-state index contributed by atoms with van der Waals surface area (Å²) in [5, 5.41) is 68.1. The van der Waals surface area contributed by atoms with Gasteiger partial charge in [0.2, 0.25) is 0 Å². The van der Waals surface area contributed by atoms with Gasteiger partial charge in [-0.3, -0.25) is 27.7 Å². The number of rotatable bonds is 25. The van der Waals surface area contributed by atoms with Crippen molar-refractivity contribution >= 4 is 128 Å². The Morgan fingerprint density at radius 3 is 1.59 bits per heavy atom. The van der Waals surface area contributed by atoms with Crippen molar-refractivity contribution < 1.29 is 244 Å². The summed E-state index contributed by atoms with van der Waals surface area (Å²) >= 11 is -1.69. The third-order valence-electron chi connectivity index (χ3n) is 8.00. The molecule has 0 saturated carbocycles. The quantitative estimate of drug-likeness (QED) is 0.00485. The molecule has 0 aromatic heterocycles. The Bertz CT molecular complexity index is 2930. The summed E-state index contributed by atoms with van der Waals surface area (Å²) < 4.78 is 126. The van der Waals surface area contributed by atoms with Crippen LogP contribution in [0.5, 0.6) is 5.75 Å². The van der Waals surface area contributed by atoms with Gasteiger partial charge in [0.05, 0.1) is 74.2 Å². The number of nitrogens with two attached hydrogens (primary N) is 2. The molecule has 1 atom stereocenters. The molecular formula is C33H30N7Na5O21S7. The minimum Gasteiger partial charge on any atom is -0.768 e. The number of nitrogens with zero attached hydrogens (tertiary/aromatic N) is 4. The van der Waals surface area contributed by atoms with E-state index in [0.717, 1.165) is 0 Å². The molecule has 0 radical (unpaired) electrons. The summed E-state index contributed by atoms with van der Waals surface area (Å²) in [7, 11) is -12.1. The summed E-state index contributed by atoms with van der Waals surface area (Å²) in [6.45, 7) is -0.537. The van der Waals surface area contributed by atoms with E-state index in [9.17, 15) is 59.4 Å². The fourth-order valence-electron chi connectivity index (χ4n) is 5.04. The Labute approximate surface area is 542 Å². The van der Waals surface area contributed by atoms with Crippen molar-refractivity contribution in [3.8, 4) is 5.75 Å². The van der Waals surface area contributed by atoms with Gasteiger partial charge in [0.25, 0.3) is 0 Å². The average molecular weight is 1200 g/mol. The molecule has 0 bridgehead atoms. The van der Waals surface area contributed by atoms with Gasteiger partial charge in [-0.2, -0.15) is 14.6 Å². The predicted molar refractivity (Wildman–Crippen MR) is 231 cm³/mol. The van der Waals surface area contributed by atoms with Gasteiger partial charge in [0.1, 0.15) is 33.1 Å². The fraction of sp³-hybridized carbons (Fsp3) is 0.152. The molecule has 1 unspecified atom stereocenters. The van der Waals surface area contributed by atoms with Crippen LogP contribution in [0.4, 0.5) is 39.8 Å². The van der Waals surface area contributed by atoms with Gasteiger partial charge < -0.3 is 46.8 Å². The van der Waals surface area contributed by atoms with Gasteiger partial charge in [0, 0.05) is 21.4 Å². The van der Waals surface area contributed by atoms with Gasteiger partial charge in [-0.15, -0.1) is 18.9 Å². The summed E-state index contributed by atoms with van der Waals surface area (Å²) in [6, 6.07) is 18.6. The number of hydrogen-bond donors (Lipinski definition) is 4. The summed E-state index contributed by atoms with van der Waals surface area (Å²) in [6.07, 6.45) is 0. The first-order valence-corrected chi connectivity index (χ1v) is 25.7. The molecular weight excluding hydrogens is 1170 g/mol. The van der Waals surface area contributed by atoms with Gasteiger partial charge in [-0.25, -0.2) is 25.3 Å². The van der Waals surface area contributed by atoms with Gasteiger partial charge >= 0.3 is 148 Å². The molecule has 28 nitrogen and oxygen atoms in total. The van der Waals surface area contributed by atoms with Crippen LogP contribution in [0.3, 0.4) is 0 Å². The van der Waals surface area contributed by atoms with E-state index in [2.05, 4.69) is 58.1 Å². The van der Waals surface area contributed by atoms with E-state index in [1.54, 1.807) is 0 Å². The molecule has 0 amide bonds. The number of hydrogen-bond acceptors (Lipinski definition) is 31. The van der Waals surface area contributed by atoms with Crippen molar-refractivity contribution in [1.29, 1.82) is 0 Å². The number of nitrogen functional groups attached to an aromatic ring is 2. The molecule has 0 aliphatic heterocycles. The number of aromatic hydroxyl groups is 1. The minimum atomic E-state index is -4.67. The average Bonchev–Trinajstić information content (AvgIpc) is 3.29. The SMILES string of the molecule is Nc1cc(N)c(S(=O)[O-])cc1N=Nc1ccc(S(=O)(=O)CCOSOO[O-])cc1.O=S(=O)([O-])CNc1ccc2c(O)cc(SOO[O-])cc2c1N=Nc1ccc(S(=O)(=O)CCOSOO[O-])cc1.[Na+].[Na+].[Na+].[Na+].[Na+]. The Hall–Kier alpha value is 0.290. The largest absolute Gasteiger partial charge is 1.00 e. The van der Waals surface area contributed by atoms with Crippen LogP contribution in [0.2, 0.25) is 0 Å². The first-order chi connectivity index (χ1) is 32.3. The normalized spacial score (nSPS) is 11.8. The molecule has 73 heavy (non-hydrogen) atoms. The Balaban J connectivity index is 0. The maximum Gasteiger partial charge on any atom is 1.00 e. The number of phenols is 1. The third kappa shape index (κ3) is 26.0. The van der Waals surface area contributed by atoms with Crippen molar-refractivity contribution in [3.05, 3.63) is 84.9 Å². The van der Waals surface area contributed by atoms with Gasteiger partial charge in [-0.05, 0) is 96.0 Å². The molecule has 0 spiro atoms. The number of sulfone groups is 2. The van der Waals surface area contributed by atoms with E-state index in [0.29, 0.717) is 17.7 Å². The second-order valence-corrected chi connectivity index (χ2v) is 20.7. The van der Waals surface area contributed by atoms with E-state index in [-0.39, 0.29) is 262 Å². The van der Waals surface area contributed by atoms with E-state index < -0.39 is 52.5 Å². The zero-order chi connectivity index (χ0) is 49.9. The van der Waals surface area contributed by atoms with E-state index >= 15 is 0 Å². The fourth-order valence-corrected chi connectivity index (χ4v) is 9.08. The topological polar surface area (TPSA) is 442 Å². The molecule has 5 aromatic carbocycles. The maximum absolute atomic E-state index is 12.4. The van der Waals surface area contributed by atoms with Crippen molar-refractivity contribution in [3.63, 3.8) is 0 Å². The van der Waals surface area contributed by atoms with Gasteiger partial charge in [-0.1, -0.05) is 0 Å². The standard InChI is InChI=1S/C19H19N3O13S4.C14H16N4O8S3.5Na/c23-18-10-13(36-34-32-24)9-16-15(18)5-6-17(20-11-39(28,29)30)19(16)22-21-12-1-3-14(4-2-12)38(26,27)8-7-31-37-35-33-25;15-11-7-12(16)14(28(20)21)8-13(11)18-17-9-1-3-10(4-2-9)29(22,23)6-5-24-27-26-25-19;;;;;/h1-6,9-10,20,23-25H,7-8,11H2,(H,28,29,30);1-4,7-8,19H,5-6,15-16H2,(H,20,21);;;;;/q;;5*+1/p-5. The molecule has 0 saturated heterocycles. The summed E-state index contributed by atoms with van der Waals surface area (Å²) in [5.41, 5.74) is 12.1. The van der Waals surface area contributed by atoms with Crippen molar-refractivity contribution in [2.75, 3.05) is 47.4 Å². The summed E-state index contributed by atoms with van der Waals surface area (Å²) in [5.74, 6) is -2.01. The van der Waals surface area contributed by atoms with Crippen molar-refractivity contribution in [2.24, 2.45) is 20.5 Å². The number of azo groups is 2. The van der Waals surface area contributed by atoms with Crippen molar-refractivity contribution in [1.82, 2.24) is 0 Å². The zero-order valence-electron chi connectivity index (χ0n) is 38.5. The van der Waals surface area contributed by atoms with Crippen LogP contribution in [-0.4, -0.2) is 74.3 Å². The third-order valence-corrected chi connectivity index (χ3v) is 13.9. The van der Waals surface area contributed by atoms with Crippen molar-refractivity contribution in [2.45, 2.75) is 19.6 Å². The molecule has 370 valence electrons. The first-order valence-electron chi connectivity index (χ1n) is 17.7. The number of phenolic OH excluding ortho intramolecular Hbond substituents is 1. The predicted octanol–water partition coefficient (Wildman–Crippen LogP) is -12.2. The number of nitrogens with one attached hydrogen (secondary N) is 1. The number of benzene rings is 5. The zero-order valence-corrected chi connectivity index (χ0v) is 54.2. The van der Waals surface area contributed by atoms with E-state index in [1.165, 1.54) is 84.9 Å². The molecule has 0 aliphatic carbocycles. The van der Waals surface area contributed by atoms with Crippen LogP contribution in [0.1, 0.15) is 0 Å². The molecule has 6 N–H and O–H groups in total. The molecule has 0 fully saturated rings. The smallest absolute Gasteiger partial charge is 0.768 e. The number of anilines is 3. The second-order valence-electron chi connectivity index (χ2n) is 12.4. The van der Waals surface area contributed by atoms with E-state index in [1.807, 2.05) is 0 Å². The molecule has 0 heterocycles. The maximum atomic E-state index is 12.4. The van der Waals surface area contributed by atoms with Crippen LogP contribution in [0, 0.1) is 0 Å². The van der Waals surface area contributed by atoms with Crippen LogP contribution < -0.4 is 180 Å². The number of fused-ring (bicyclic) bond motifs is 1. The van der Waals surface area contributed by atoms with Crippen LogP contribution >= 0.6 is 36.7 Å². The summed E-state index contributed by atoms with van der Waals surface area (Å²) in [4.78, 5) is 0.00520. The van der Waals surface area contributed by atoms with Gasteiger partial charge in [0.15, 0.2) is 44.3 Å². The molecule has 40 heteroatoms. The first kappa shape index (κ1) is 75.4. The Morgan fingerprint density at radius 2 is 1.12 bits per heavy atom. The molecule has 0 aliphatic rings. The van der Waals surface area contributed by atoms with Crippen LogP contribution in [0.15, 0.2) is 125 Å². The molecule has 5 aromatic rings. The second kappa shape index (κ2) is 38.0. The minimum absolute atomic E-state index is 0. The Kier molecular flexibility index (Phi) is 39.3. The monoisotopic (exact) mass is 1200 g/mol. The van der Waals surface area contributed by atoms with Crippen LogP contribution in [0.25, 0.3) is 10.8 Å². The van der Waals surface area contributed by atoms with E-state index in [4.69, 9.17) is 15.7 Å². The molecule has 5 rings (SSSR count). The Morgan fingerprint density at radius 1 is 0.630 bits per heavy atom. The van der Waals surface area contributed by atoms with Crippen LogP contribution in [-0.2, 0) is 77.4 Å².